The molecule has 2 rings (SSSR count). The number of hydrogen-bond acceptors (Lipinski definition) is 2. The molecule has 2 N–H and O–H groups in total. The van der Waals surface area contributed by atoms with Gasteiger partial charge in [-0.25, -0.2) is 0 Å². The standard InChI is InChI=1S/C16H16BrNO2/c1-9-4-5-13(14(19)6-9)16(20)18-12-7-10(2)15(17)11(3)8-12/h4-8,19H,1-3H3,(H,18,20). The molecule has 0 heterocycles. The lowest BCUT2D eigenvalue weighted by Gasteiger charge is -2.10. The van der Waals surface area contributed by atoms with E-state index in [0.29, 0.717) is 5.69 Å². The van der Waals surface area contributed by atoms with Gasteiger partial charge >= 0.3 is 0 Å². The number of halogens is 1. The maximum Gasteiger partial charge on any atom is 0.259 e. The fourth-order valence-electron chi connectivity index (χ4n) is 2.05. The summed E-state index contributed by atoms with van der Waals surface area (Å²) in [7, 11) is 0. The van der Waals surface area contributed by atoms with Gasteiger partial charge in [-0.2, -0.15) is 0 Å². The van der Waals surface area contributed by atoms with Crippen LogP contribution in [0.1, 0.15) is 27.0 Å². The average molecular weight is 334 g/mol. The first-order valence-electron chi connectivity index (χ1n) is 6.26. The molecule has 2 aromatic carbocycles. The van der Waals surface area contributed by atoms with E-state index in [2.05, 4.69) is 21.2 Å². The summed E-state index contributed by atoms with van der Waals surface area (Å²) in [4.78, 5) is 12.2. The molecule has 0 saturated carbocycles. The van der Waals surface area contributed by atoms with Gasteiger partial charge in [0.05, 0.1) is 5.56 Å². The summed E-state index contributed by atoms with van der Waals surface area (Å²) in [5, 5.41) is 12.6. The van der Waals surface area contributed by atoms with Crippen molar-refractivity contribution >= 4 is 27.5 Å². The number of hydrogen-bond donors (Lipinski definition) is 2. The summed E-state index contributed by atoms with van der Waals surface area (Å²) in [5.41, 5.74) is 4.00. The number of rotatable bonds is 2. The van der Waals surface area contributed by atoms with Gasteiger partial charge in [-0.15, -0.1) is 0 Å². The molecule has 0 aliphatic heterocycles. The van der Waals surface area contributed by atoms with Gasteiger partial charge in [-0.05, 0) is 61.7 Å². The zero-order valence-electron chi connectivity index (χ0n) is 11.6. The Morgan fingerprint density at radius 3 is 2.25 bits per heavy atom. The SMILES string of the molecule is Cc1ccc(C(=O)Nc2cc(C)c(Br)c(C)c2)c(O)c1. The van der Waals surface area contributed by atoms with Crippen molar-refractivity contribution < 1.29 is 9.90 Å². The van der Waals surface area contributed by atoms with Crippen molar-refractivity contribution in [2.45, 2.75) is 20.8 Å². The highest BCUT2D eigenvalue weighted by atomic mass is 79.9. The van der Waals surface area contributed by atoms with Crippen LogP contribution < -0.4 is 5.32 Å². The molecule has 0 aliphatic carbocycles. The monoisotopic (exact) mass is 333 g/mol. The molecule has 3 nitrogen and oxygen atoms in total. The molecular formula is C16H16BrNO2. The van der Waals surface area contributed by atoms with Crippen molar-refractivity contribution in [1.29, 1.82) is 0 Å². The molecule has 0 bridgehead atoms. The van der Waals surface area contributed by atoms with Gasteiger partial charge in [-0.1, -0.05) is 22.0 Å². The van der Waals surface area contributed by atoms with Crippen LogP contribution in [0.3, 0.4) is 0 Å². The van der Waals surface area contributed by atoms with Gasteiger partial charge in [0.1, 0.15) is 5.75 Å². The summed E-state index contributed by atoms with van der Waals surface area (Å²) in [5.74, 6) is -0.323. The number of phenols is 1. The summed E-state index contributed by atoms with van der Waals surface area (Å²) in [6.45, 7) is 5.80. The molecule has 0 saturated heterocycles. The molecule has 2 aromatic rings. The Labute approximate surface area is 126 Å². The van der Waals surface area contributed by atoms with E-state index >= 15 is 0 Å². The van der Waals surface area contributed by atoms with E-state index in [0.717, 1.165) is 21.2 Å². The molecule has 0 aliphatic rings. The lowest BCUT2D eigenvalue weighted by molar-refractivity contribution is 0.102. The number of carbonyl (C=O) groups is 1. The summed E-state index contributed by atoms with van der Waals surface area (Å²) in [6.07, 6.45) is 0. The van der Waals surface area contributed by atoms with Crippen molar-refractivity contribution in [3.63, 3.8) is 0 Å². The van der Waals surface area contributed by atoms with Gasteiger partial charge in [0.15, 0.2) is 0 Å². The van der Waals surface area contributed by atoms with Crippen molar-refractivity contribution in [2.75, 3.05) is 5.32 Å². The molecule has 20 heavy (non-hydrogen) atoms. The lowest BCUT2D eigenvalue weighted by Crippen LogP contribution is -2.12. The summed E-state index contributed by atoms with van der Waals surface area (Å²) < 4.78 is 1.04. The topological polar surface area (TPSA) is 49.3 Å². The second-order valence-corrected chi connectivity index (χ2v) is 5.69. The highest BCUT2D eigenvalue weighted by molar-refractivity contribution is 9.10. The van der Waals surface area contributed by atoms with E-state index in [9.17, 15) is 9.90 Å². The Morgan fingerprint density at radius 2 is 1.70 bits per heavy atom. The molecular weight excluding hydrogens is 318 g/mol. The highest BCUT2D eigenvalue weighted by Gasteiger charge is 2.12. The smallest absolute Gasteiger partial charge is 0.259 e. The number of phenolic OH excluding ortho intramolecular Hbond substituents is 1. The summed E-state index contributed by atoms with van der Waals surface area (Å²) >= 11 is 3.49. The minimum absolute atomic E-state index is 0.00643. The second-order valence-electron chi connectivity index (χ2n) is 4.90. The first kappa shape index (κ1) is 14.6. The van der Waals surface area contributed by atoms with Gasteiger partial charge in [0, 0.05) is 10.2 Å². The number of carbonyl (C=O) groups excluding carboxylic acids is 1. The van der Waals surface area contributed by atoms with Crippen molar-refractivity contribution in [3.05, 3.63) is 57.1 Å². The van der Waals surface area contributed by atoms with E-state index < -0.39 is 0 Å². The predicted octanol–water partition coefficient (Wildman–Crippen LogP) is 4.33. The van der Waals surface area contributed by atoms with Gasteiger partial charge in [0.25, 0.3) is 5.91 Å². The van der Waals surface area contributed by atoms with Crippen LogP contribution in [0.4, 0.5) is 5.69 Å². The van der Waals surface area contributed by atoms with Crippen LogP contribution in [0.5, 0.6) is 5.75 Å². The first-order valence-corrected chi connectivity index (χ1v) is 7.05. The Kier molecular flexibility index (Phi) is 4.14. The largest absolute Gasteiger partial charge is 0.507 e. The second kappa shape index (κ2) is 5.67. The van der Waals surface area contributed by atoms with Gasteiger partial charge < -0.3 is 10.4 Å². The van der Waals surface area contributed by atoms with Crippen LogP contribution in [0.25, 0.3) is 0 Å². The van der Waals surface area contributed by atoms with Gasteiger partial charge in [0.2, 0.25) is 0 Å². The molecule has 0 aromatic heterocycles. The molecule has 0 atom stereocenters. The minimum Gasteiger partial charge on any atom is -0.507 e. The Hall–Kier alpha value is -1.81. The zero-order chi connectivity index (χ0) is 14.9. The molecule has 0 fully saturated rings. The third-order valence-electron chi connectivity index (χ3n) is 3.09. The third-order valence-corrected chi connectivity index (χ3v) is 4.34. The highest BCUT2D eigenvalue weighted by Crippen LogP contribution is 2.26. The number of amides is 1. The van der Waals surface area contributed by atoms with Crippen LogP contribution in [-0.4, -0.2) is 11.0 Å². The van der Waals surface area contributed by atoms with Crippen molar-refractivity contribution in [1.82, 2.24) is 0 Å². The fraction of sp³-hybridized carbons (Fsp3) is 0.188. The van der Waals surface area contributed by atoms with Crippen LogP contribution in [-0.2, 0) is 0 Å². The molecule has 4 heteroatoms. The number of benzene rings is 2. The molecule has 0 unspecified atom stereocenters. The van der Waals surface area contributed by atoms with Crippen molar-refractivity contribution in [3.8, 4) is 5.75 Å². The number of nitrogens with one attached hydrogen (secondary N) is 1. The number of aryl methyl sites for hydroxylation is 3. The molecule has 0 radical (unpaired) electrons. The summed E-state index contributed by atoms with van der Waals surface area (Å²) in [6, 6.07) is 8.78. The predicted molar refractivity (Wildman–Crippen MR) is 84.4 cm³/mol. The molecule has 0 spiro atoms. The van der Waals surface area contributed by atoms with E-state index in [1.807, 2.05) is 32.9 Å². The van der Waals surface area contributed by atoms with Crippen LogP contribution in [0, 0.1) is 20.8 Å². The quantitative estimate of drug-likeness (QED) is 0.859. The number of aromatic hydroxyl groups is 1. The van der Waals surface area contributed by atoms with E-state index in [1.165, 1.54) is 0 Å². The van der Waals surface area contributed by atoms with Crippen LogP contribution in [0.15, 0.2) is 34.8 Å². The van der Waals surface area contributed by atoms with Crippen LogP contribution in [0.2, 0.25) is 0 Å². The molecule has 1 amide bonds. The Bertz CT molecular complexity index is 657. The van der Waals surface area contributed by atoms with E-state index in [1.54, 1.807) is 18.2 Å². The minimum atomic E-state index is -0.316. The van der Waals surface area contributed by atoms with E-state index in [4.69, 9.17) is 0 Å². The normalized spacial score (nSPS) is 10.4. The molecule has 104 valence electrons. The maximum absolute atomic E-state index is 12.2. The lowest BCUT2D eigenvalue weighted by atomic mass is 10.1. The number of anilines is 1. The maximum atomic E-state index is 12.2. The third kappa shape index (κ3) is 3.02. The Balaban J connectivity index is 2.28. The van der Waals surface area contributed by atoms with Gasteiger partial charge in [-0.3, -0.25) is 4.79 Å². The van der Waals surface area contributed by atoms with E-state index in [-0.39, 0.29) is 17.2 Å². The Morgan fingerprint density at radius 1 is 1.10 bits per heavy atom. The zero-order valence-corrected chi connectivity index (χ0v) is 13.2. The fourth-order valence-corrected chi connectivity index (χ4v) is 2.28. The average Bonchev–Trinajstić information content (AvgIpc) is 2.35. The van der Waals surface area contributed by atoms with Crippen LogP contribution >= 0.6 is 15.9 Å². The first-order chi connectivity index (χ1) is 9.38. The van der Waals surface area contributed by atoms with Crippen molar-refractivity contribution in [2.24, 2.45) is 0 Å².